The number of hydrazone groups is 1. The molecule has 1 N–H and O–H groups in total. The molecule has 0 saturated heterocycles. The minimum Gasteiger partial charge on any atom is -0.383 e. The summed E-state index contributed by atoms with van der Waals surface area (Å²) in [7, 11) is 6.00. The van der Waals surface area contributed by atoms with Gasteiger partial charge in [0.1, 0.15) is 5.82 Å². The summed E-state index contributed by atoms with van der Waals surface area (Å²) in [5.74, 6) is 0.950. The lowest BCUT2D eigenvalue weighted by atomic mass is 10.1. The Morgan fingerprint density at radius 3 is 2.42 bits per heavy atom. The van der Waals surface area contributed by atoms with Gasteiger partial charge in [0, 0.05) is 34.1 Å². The van der Waals surface area contributed by atoms with Gasteiger partial charge in [-0.05, 0) is 43.0 Å². The molecule has 0 saturated carbocycles. The zero-order valence-corrected chi connectivity index (χ0v) is 15.6. The van der Waals surface area contributed by atoms with E-state index in [1.54, 1.807) is 0 Å². The van der Waals surface area contributed by atoms with Crippen molar-refractivity contribution >= 4 is 12.4 Å². The quantitative estimate of drug-likeness (QED) is 0.415. The third kappa shape index (κ3) is 5.95. The molecule has 0 heterocycles. The van der Waals surface area contributed by atoms with E-state index in [4.69, 9.17) is 0 Å². The first-order valence-electron chi connectivity index (χ1n) is 8.26. The molecule has 0 aliphatic carbocycles. The Kier molecular flexibility index (Phi) is 8.41. The Bertz CT molecular complexity index is 597. The SMILES string of the molecule is C=NN(/C(NC)=C(/C)CC(=C/N(C)C)/C=C/CC)c1ccccc1. The highest BCUT2D eigenvalue weighted by Gasteiger charge is 2.12. The van der Waals surface area contributed by atoms with E-state index in [0.717, 1.165) is 24.4 Å². The molecule has 0 aliphatic rings. The van der Waals surface area contributed by atoms with Crippen LogP contribution in [0.1, 0.15) is 26.7 Å². The van der Waals surface area contributed by atoms with Gasteiger partial charge in [0.15, 0.2) is 0 Å². The number of para-hydroxylation sites is 1. The summed E-state index contributed by atoms with van der Waals surface area (Å²) in [5, 5.41) is 9.31. The first-order valence-corrected chi connectivity index (χ1v) is 8.26. The number of anilines is 1. The Morgan fingerprint density at radius 1 is 1.25 bits per heavy atom. The number of rotatable bonds is 9. The standard InChI is InChI=1S/C20H30N4/c1-7-8-12-18(16-23(5)6)15-17(2)20(21-3)24(22-4)19-13-10-9-11-14-19/h8-14,16,21H,4,7,15H2,1-3,5-6H3/b12-8+,18-16+,20-17-. The Morgan fingerprint density at radius 2 is 1.92 bits per heavy atom. The zero-order valence-electron chi connectivity index (χ0n) is 15.6. The van der Waals surface area contributed by atoms with Crippen molar-refractivity contribution in [2.45, 2.75) is 26.7 Å². The van der Waals surface area contributed by atoms with Crippen molar-refractivity contribution in [3.8, 4) is 0 Å². The van der Waals surface area contributed by atoms with Crippen LogP contribution in [-0.4, -0.2) is 32.8 Å². The summed E-state index contributed by atoms with van der Waals surface area (Å²) in [4.78, 5) is 2.07. The van der Waals surface area contributed by atoms with Crippen molar-refractivity contribution in [3.05, 3.63) is 65.7 Å². The maximum Gasteiger partial charge on any atom is 0.127 e. The maximum absolute atomic E-state index is 4.20. The lowest BCUT2D eigenvalue weighted by molar-refractivity contribution is 0.558. The van der Waals surface area contributed by atoms with Gasteiger partial charge in [-0.3, -0.25) is 0 Å². The average Bonchev–Trinajstić information content (AvgIpc) is 2.57. The number of hydrogen-bond acceptors (Lipinski definition) is 4. The van der Waals surface area contributed by atoms with Crippen LogP contribution in [0.3, 0.4) is 0 Å². The predicted octanol–water partition coefficient (Wildman–Crippen LogP) is 4.36. The minimum atomic E-state index is 0.837. The molecule has 1 rings (SSSR count). The third-order valence-electron chi connectivity index (χ3n) is 3.46. The largest absolute Gasteiger partial charge is 0.383 e. The lowest BCUT2D eigenvalue weighted by Gasteiger charge is -2.24. The van der Waals surface area contributed by atoms with Crippen LogP contribution in [-0.2, 0) is 0 Å². The highest BCUT2D eigenvalue weighted by molar-refractivity contribution is 5.53. The molecule has 1 aromatic carbocycles. The second-order valence-electron chi connectivity index (χ2n) is 5.82. The minimum absolute atomic E-state index is 0.837. The van der Waals surface area contributed by atoms with E-state index in [0.29, 0.717) is 0 Å². The molecule has 24 heavy (non-hydrogen) atoms. The van der Waals surface area contributed by atoms with Crippen molar-refractivity contribution in [1.29, 1.82) is 0 Å². The summed E-state index contributed by atoms with van der Waals surface area (Å²) >= 11 is 0. The van der Waals surface area contributed by atoms with Gasteiger partial charge in [-0.2, -0.15) is 5.10 Å². The van der Waals surface area contributed by atoms with Crippen LogP contribution in [0.2, 0.25) is 0 Å². The average molecular weight is 326 g/mol. The maximum atomic E-state index is 4.20. The normalized spacial score (nSPS) is 12.8. The van der Waals surface area contributed by atoms with Gasteiger partial charge in [0.25, 0.3) is 0 Å². The van der Waals surface area contributed by atoms with Gasteiger partial charge in [-0.15, -0.1) is 0 Å². The summed E-state index contributed by atoms with van der Waals surface area (Å²) < 4.78 is 0. The number of hydrogen-bond donors (Lipinski definition) is 1. The molecule has 0 bridgehead atoms. The highest BCUT2D eigenvalue weighted by Crippen LogP contribution is 2.23. The fourth-order valence-electron chi connectivity index (χ4n) is 2.49. The Hall–Kier alpha value is -2.49. The first kappa shape index (κ1) is 19.6. The summed E-state index contributed by atoms with van der Waals surface area (Å²) in [5.41, 5.74) is 3.44. The van der Waals surface area contributed by atoms with Crippen LogP contribution >= 0.6 is 0 Å². The Balaban J connectivity index is 3.16. The van der Waals surface area contributed by atoms with Crippen LogP contribution in [0.5, 0.6) is 0 Å². The van der Waals surface area contributed by atoms with Crippen LogP contribution in [0, 0.1) is 0 Å². The van der Waals surface area contributed by atoms with Crippen LogP contribution in [0.4, 0.5) is 5.69 Å². The molecule has 4 heteroatoms. The molecule has 0 radical (unpaired) electrons. The van der Waals surface area contributed by atoms with Crippen molar-refractivity contribution in [2.24, 2.45) is 5.10 Å². The number of nitrogens with zero attached hydrogens (tertiary/aromatic N) is 3. The lowest BCUT2D eigenvalue weighted by Crippen LogP contribution is -2.26. The van der Waals surface area contributed by atoms with Gasteiger partial charge in [-0.1, -0.05) is 37.3 Å². The van der Waals surface area contributed by atoms with Gasteiger partial charge >= 0.3 is 0 Å². The molecule has 4 nitrogen and oxygen atoms in total. The molecule has 0 spiro atoms. The van der Waals surface area contributed by atoms with Crippen LogP contribution in [0.15, 0.2) is 70.8 Å². The number of allylic oxidation sites excluding steroid dienone is 4. The molecule has 0 unspecified atom stereocenters. The molecule has 130 valence electrons. The molecule has 0 fully saturated rings. The van der Waals surface area contributed by atoms with Crippen molar-refractivity contribution in [3.63, 3.8) is 0 Å². The van der Waals surface area contributed by atoms with Gasteiger partial charge in [0.2, 0.25) is 0 Å². The van der Waals surface area contributed by atoms with E-state index in [2.05, 4.69) is 54.2 Å². The second kappa shape index (κ2) is 10.3. The molecule has 1 aromatic rings. The van der Waals surface area contributed by atoms with Crippen molar-refractivity contribution in [2.75, 3.05) is 26.2 Å². The smallest absolute Gasteiger partial charge is 0.127 e. The monoisotopic (exact) mass is 326 g/mol. The van der Waals surface area contributed by atoms with Gasteiger partial charge < -0.3 is 10.2 Å². The van der Waals surface area contributed by atoms with E-state index < -0.39 is 0 Å². The predicted molar refractivity (Wildman–Crippen MR) is 106 cm³/mol. The van der Waals surface area contributed by atoms with E-state index in [1.165, 1.54) is 11.1 Å². The van der Waals surface area contributed by atoms with Crippen LogP contribution in [0.25, 0.3) is 0 Å². The summed E-state index contributed by atoms with van der Waals surface area (Å²) in [6, 6.07) is 10.0. The number of benzene rings is 1. The molecule has 0 aromatic heterocycles. The topological polar surface area (TPSA) is 30.9 Å². The van der Waals surface area contributed by atoms with Crippen molar-refractivity contribution < 1.29 is 0 Å². The van der Waals surface area contributed by atoms with Crippen LogP contribution < -0.4 is 10.3 Å². The van der Waals surface area contributed by atoms with E-state index in [-0.39, 0.29) is 0 Å². The van der Waals surface area contributed by atoms with E-state index in [9.17, 15) is 0 Å². The van der Waals surface area contributed by atoms with Crippen molar-refractivity contribution in [1.82, 2.24) is 10.2 Å². The molecule has 0 aliphatic heterocycles. The number of nitrogens with one attached hydrogen (secondary N) is 1. The van der Waals surface area contributed by atoms with Gasteiger partial charge in [-0.25, -0.2) is 5.01 Å². The zero-order chi connectivity index (χ0) is 17.9. The molecular formula is C20H30N4. The summed E-state index contributed by atoms with van der Waals surface area (Å²) in [6.07, 6.45) is 8.38. The van der Waals surface area contributed by atoms with E-state index in [1.807, 2.05) is 56.5 Å². The summed E-state index contributed by atoms with van der Waals surface area (Å²) in [6.45, 7) is 8.00. The molecule has 0 atom stereocenters. The first-order chi connectivity index (χ1) is 11.5. The molecule has 0 amide bonds. The second-order valence-corrected chi connectivity index (χ2v) is 5.82. The fraction of sp³-hybridized carbons (Fsp3) is 0.350. The Labute approximate surface area is 146 Å². The highest BCUT2D eigenvalue weighted by atomic mass is 15.5. The van der Waals surface area contributed by atoms with Gasteiger partial charge in [0.05, 0.1) is 5.69 Å². The molecular weight excluding hydrogens is 296 g/mol. The fourth-order valence-corrected chi connectivity index (χ4v) is 2.49. The van der Waals surface area contributed by atoms with E-state index >= 15 is 0 Å². The third-order valence-corrected chi connectivity index (χ3v) is 3.46.